The van der Waals surface area contributed by atoms with Crippen molar-refractivity contribution in [3.05, 3.63) is 28.8 Å². The predicted molar refractivity (Wildman–Crippen MR) is 133 cm³/mol. The molecule has 2 aliphatic rings. The van der Waals surface area contributed by atoms with Gasteiger partial charge in [0, 0.05) is 62.0 Å². The van der Waals surface area contributed by atoms with Crippen LogP contribution in [-0.4, -0.2) is 79.4 Å². The van der Waals surface area contributed by atoms with E-state index in [1.807, 2.05) is 34.9 Å². The molecule has 2 heterocycles. The molecule has 0 radical (unpaired) electrons. The van der Waals surface area contributed by atoms with Gasteiger partial charge in [0.1, 0.15) is 5.75 Å². The monoisotopic (exact) mass is 477 g/mol. The number of carbonyl (C=O) groups excluding carboxylic acids is 2. The Kier molecular flexibility index (Phi) is 9.05. The molecule has 0 aromatic heterocycles. The number of nitrogens with zero attached hydrogens (tertiary/aromatic N) is 3. The molecule has 0 unspecified atom stereocenters. The van der Waals surface area contributed by atoms with Crippen LogP contribution in [-0.2, 0) is 9.59 Å². The van der Waals surface area contributed by atoms with Gasteiger partial charge in [0.05, 0.1) is 6.61 Å². The molecule has 2 fully saturated rings. The molecule has 2 amide bonds. The van der Waals surface area contributed by atoms with Crippen LogP contribution in [0.3, 0.4) is 0 Å². The predicted octanol–water partition coefficient (Wildman–Crippen LogP) is 4.24. The number of ether oxygens (including phenoxy) is 1. The van der Waals surface area contributed by atoms with Crippen molar-refractivity contribution in [1.82, 2.24) is 14.7 Å². The summed E-state index contributed by atoms with van der Waals surface area (Å²) in [6, 6.07) is 5.69. The highest BCUT2D eigenvalue weighted by atomic mass is 35.5. The topological polar surface area (TPSA) is 53.1 Å². The molecule has 6 nitrogen and oxygen atoms in total. The molecular weight excluding hydrogens is 438 g/mol. The van der Waals surface area contributed by atoms with Crippen LogP contribution < -0.4 is 4.74 Å². The molecule has 7 heteroatoms. The van der Waals surface area contributed by atoms with Gasteiger partial charge in [-0.3, -0.25) is 9.59 Å². The zero-order valence-electron chi connectivity index (χ0n) is 20.7. The standard InChI is InChI=1S/C26H40ClN3O3/c1-5-21(6-2)25(32)30-11-9-26(10-12-30,18-24(31)29-15-13-28(4)14-16-29)19-33-22-7-8-23(27)20(3)17-22/h7-8,17,21H,5-6,9-16,18-19H2,1-4H3. The third-order valence-electron chi connectivity index (χ3n) is 7.53. The smallest absolute Gasteiger partial charge is 0.225 e. The maximum Gasteiger partial charge on any atom is 0.225 e. The number of aryl methyl sites for hydroxylation is 1. The van der Waals surface area contributed by atoms with Crippen molar-refractivity contribution in [3.63, 3.8) is 0 Å². The van der Waals surface area contributed by atoms with Crippen LogP contribution in [0.1, 0.15) is 51.5 Å². The van der Waals surface area contributed by atoms with Crippen LogP contribution in [0.15, 0.2) is 18.2 Å². The van der Waals surface area contributed by atoms with Crippen molar-refractivity contribution in [2.45, 2.75) is 52.9 Å². The van der Waals surface area contributed by atoms with Gasteiger partial charge in [-0.25, -0.2) is 0 Å². The fourth-order valence-corrected chi connectivity index (χ4v) is 5.02. The van der Waals surface area contributed by atoms with Gasteiger partial charge in [-0.2, -0.15) is 0 Å². The highest BCUT2D eigenvalue weighted by Crippen LogP contribution is 2.37. The maximum absolute atomic E-state index is 13.3. The van der Waals surface area contributed by atoms with Crippen molar-refractivity contribution in [2.75, 3.05) is 52.9 Å². The van der Waals surface area contributed by atoms with Crippen LogP contribution >= 0.6 is 11.6 Å². The third kappa shape index (κ3) is 6.63. The second-order valence-electron chi connectivity index (χ2n) is 9.90. The van der Waals surface area contributed by atoms with Gasteiger partial charge in [0.2, 0.25) is 11.8 Å². The molecule has 1 aromatic carbocycles. The summed E-state index contributed by atoms with van der Waals surface area (Å²) in [6.07, 6.45) is 3.78. The van der Waals surface area contributed by atoms with Crippen LogP contribution in [0.25, 0.3) is 0 Å². The molecule has 0 N–H and O–H groups in total. The summed E-state index contributed by atoms with van der Waals surface area (Å²) in [5.74, 6) is 1.34. The van der Waals surface area contributed by atoms with Gasteiger partial charge >= 0.3 is 0 Å². The minimum atomic E-state index is -0.265. The lowest BCUT2D eigenvalue weighted by Crippen LogP contribution is -2.51. The van der Waals surface area contributed by atoms with Gasteiger partial charge in [-0.15, -0.1) is 0 Å². The van der Waals surface area contributed by atoms with E-state index < -0.39 is 0 Å². The molecule has 0 aliphatic carbocycles. The van der Waals surface area contributed by atoms with Gasteiger partial charge in [0.15, 0.2) is 0 Å². The number of carbonyl (C=O) groups is 2. The summed E-state index contributed by atoms with van der Waals surface area (Å²) >= 11 is 6.17. The zero-order valence-corrected chi connectivity index (χ0v) is 21.5. The van der Waals surface area contributed by atoms with Crippen molar-refractivity contribution < 1.29 is 14.3 Å². The SMILES string of the molecule is CCC(CC)C(=O)N1CCC(COc2ccc(Cl)c(C)c2)(CC(=O)N2CCN(C)CC2)CC1. The van der Waals surface area contributed by atoms with Gasteiger partial charge in [0.25, 0.3) is 0 Å². The number of halogens is 1. The van der Waals surface area contributed by atoms with E-state index in [-0.39, 0.29) is 23.1 Å². The number of piperidine rings is 1. The lowest BCUT2D eigenvalue weighted by atomic mass is 9.75. The Morgan fingerprint density at radius 1 is 1.03 bits per heavy atom. The Labute approximate surface area is 204 Å². The van der Waals surface area contributed by atoms with E-state index in [0.717, 1.165) is 68.2 Å². The molecule has 2 saturated heterocycles. The number of likely N-dealkylation sites (tertiary alicyclic amines) is 1. The van der Waals surface area contributed by atoms with Gasteiger partial charge in [-0.05, 0) is 63.4 Å². The normalized spacial score (nSPS) is 19.1. The Morgan fingerprint density at radius 2 is 1.67 bits per heavy atom. The average Bonchev–Trinajstić information content (AvgIpc) is 2.81. The summed E-state index contributed by atoms with van der Waals surface area (Å²) in [7, 11) is 2.10. The summed E-state index contributed by atoms with van der Waals surface area (Å²) < 4.78 is 6.23. The number of hydrogen-bond acceptors (Lipinski definition) is 4. The molecule has 184 valence electrons. The molecule has 33 heavy (non-hydrogen) atoms. The third-order valence-corrected chi connectivity index (χ3v) is 7.95. The molecular formula is C26H40ClN3O3. The van der Waals surface area contributed by atoms with Gasteiger partial charge < -0.3 is 19.4 Å². The van der Waals surface area contributed by atoms with Crippen LogP contribution in [0.4, 0.5) is 0 Å². The van der Waals surface area contributed by atoms with Crippen molar-refractivity contribution in [1.29, 1.82) is 0 Å². The minimum absolute atomic E-state index is 0.0952. The number of hydrogen-bond donors (Lipinski definition) is 0. The van der Waals surface area contributed by atoms with Crippen LogP contribution in [0.5, 0.6) is 5.75 Å². The quantitative estimate of drug-likeness (QED) is 0.562. The first-order valence-corrected chi connectivity index (χ1v) is 12.8. The number of likely N-dealkylation sites (N-methyl/N-ethyl adjacent to an activating group) is 1. The summed E-state index contributed by atoms with van der Waals surface area (Å²) in [6.45, 7) is 11.4. The Bertz CT molecular complexity index is 811. The first-order chi connectivity index (χ1) is 15.8. The summed E-state index contributed by atoms with van der Waals surface area (Å²) in [5.41, 5.74) is 0.709. The minimum Gasteiger partial charge on any atom is -0.493 e. The maximum atomic E-state index is 13.3. The first kappa shape index (κ1) is 25.8. The van der Waals surface area contributed by atoms with E-state index in [9.17, 15) is 9.59 Å². The van der Waals surface area contributed by atoms with Crippen molar-refractivity contribution in [2.24, 2.45) is 11.3 Å². The van der Waals surface area contributed by atoms with E-state index in [4.69, 9.17) is 16.3 Å². The second-order valence-corrected chi connectivity index (χ2v) is 10.3. The largest absolute Gasteiger partial charge is 0.493 e. The first-order valence-electron chi connectivity index (χ1n) is 12.4. The molecule has 0 saturated carbocycles. The number of piperazine rings is 1. The number of benzene rings is 1. The Balaban J connectivity index is 1.70. The fourth-order valence-electron chi connectivity index (χ4n) is 4.90. The van der Waals surface area contributed by atoms with E-state index in [1.165, 1.54) is 0 Å². The van der Waals surface area contributed by atoms with Crippen molar-refractivity contribution in [3.8, 4) is 5.75 Å². The molecule has 0 atom stereocenters. The lowest BCUT2D eigenvalue weighted by Gasteiger charge is -2.43. The van der Waals surface area contributed by atoms with Crippen LogP contribution in [0.2, 0.25) is 5.02 Å². The van der Waals surface area contributed by atoms with Crippen LogP contribution in [0, 0.1) is 18.3 Å². The van der Waals surface area contributed by atoms with E-state index >= 15 is 0 Å². The highest BCUT2D eigenvalue weighted by Gasteiger charge is 2.40. The number of rotatable bonds is 8. The van der Waals surface area contributed by atoms with Crippen molar-refractivity contribution >= 4 is 23.4 Å². The molecule has 2 aliphatic heterocycles. The molecule has 0 spiro atoms. The molecule has 1 aromatic rings. The van der Waals surface area contributed by atoms with Gasteiger partial charge in [-0.1, -0.05) is 25.4 Å². The Morgan fingerprint density at radius 3 is 2.24 bits per heavy atom. The summed E-state index contributed by atoms with van der Waals surface area (Å²) in [4.78, 5) is 32.4. The highest BCUT2D eigenvalue weighted by molar-refractivity contribution is 6.31. The fraction of sp³-hybridized carbons (Fsp3) is 0.692. The summed E-state index contributed by atoms with van der Waals surface area (Å²) in [5, 5.41) is 0.718. The Hall–Kier alpha value is -1.79. The van der Waals surface area contributed by atoms with E-state index in [0.29, 0.717) is 26.1 Å². The molecule has 3 rings (SSSR count). The lowest BCUT2D eigenvalue weighted by molar-refractivity contribution is -0.141. The van der Waals surface area contributed by atoms with E-state index in [2.05, 4.69) is 25.8 Å². The average molecular weight is 478 g/mol. The zero-order chi connectivity index (χ0) is 24.0. The second kappa shape index (κ2) is 11.6. The molecule has 0 bridgehead atoms. The number of amides is 2. The van der Waals surface area contributed by atoms with E-state index in [1.54, 1.807) is 0 Å².